The van der Waals surface area contributed by atoms with Gasteiger partial charge < -0.3 is 11.5 Å². The molecule has 0 unspecified atom stereocenters. The summed E-state index contributed by atoms with van der Waals surface area (Å²) in [5.41, 5.74) is 18.9. The highest BCUT2D eigenvalue weighted by Crippen LogP contribution is 2.39. The van der Waals surface area contributed by atoms with Gasteiger partial charge in [-0.05, 0) is 73.7 Å². The monoisotopic (exact) mass is 448 g/mol. The molecule has 0 amide bonds. The second kappa shape index (κ2) is 8.72. The van der Waals surface area contributed by atoms with Crippen LogP contribution in [0, 0.1) is 0 Å². The van der Waals surface area contributed by atoms with Crippen molar-refractivity contribution in [1.82, 2.24) is 19.5 Å². The molecule has 0 spiro atoms. The van der Waals surface area contributed by atoms with Gasteiger partial charge in [0, 0.05) is 17.4 Å². The lowest BCUT2D eigenvalue weighted by atomic mass is 9.73. The van der Waals surface area contributed by atoms with Gasteiger partial charge in [0.1, 0.15) is 11.3 Å². The van der Waals surface area contributed by atoms with Crippen LogP contribution in [0.4, 0.5) is 5.82 Å². The molecule has 1 saturated carbocycles. The number of anilines is 1. The van der Waals surface area contributed by atoms with Crippen molar-refractivity contribution in [2.24, 2.45) is 5.73 Å². The Labute approximate surface area is 199 Å². The summed E-state index contributed by atoms with van der Waals surface area (Å²) in [6, 6.07) is 16.2. The van der Waals surface area contributed by atoms with Crippen LogP contribution in [0.15, 0.2) is 85.6 Å². The Morgan fingerprint density at radius 3 is 2.53 bits per heavy atom. The SMILES string of the molecule is C=C/C=C\C(=C/C)c1ccc2nc(-c3cccnc3N)n(-c3ccc(C4(N)CCC4)cc3)c2n1. The molecule has 1 fully saturated rings. The van der Waals surface area contributed by atoms with E-state index >= 15 is 0 Å². The van der Waals surface area contributed by atoms with E-state index in [9.17, 15) is 0 Å². The standard InChI is InChI=1S/C28H28N6/c1-3-5-8-19(4-2)23-14-15-24-27(32-23)34(26(33-24)22-9-6-18-31-25(22)29)21-12-10-20(11-13-21)28(30)16-7-17-28/h3-6,8-15,18H,1,7,16-17,30H2,2H3,(H2,29,31)/b8-5-,19-4+. The first-order chi connectivity index (χ1) is 16.5. The van der Waals surface area contributed by atoms with Crippen molar-refractivity contribution >= 4 is 22.6 Å². The second-order valence-corrected chi connectivity index (χ2v) is 8.64. The molecular formula is C28H28N6. The quantitative estimate of drug-likeness (QED) is 0.377. The first kappa shape index (κ1) is 21.8. The molecule has 1 aliphatic carbocycles. The van der Waals surface area contributed by atoms with E-state index in [1.54, 1.807) is 12.3 Å². The minimum atomic E-state index is -0.212. The number of hydrogen-bond donors (Lipinski definition) is 2. The van der Waals surface area contributed by atoms with Crippen molar-refractivity contribution in [2.75, 3.05) is 5.73 Å². The lowest BCUT2D eigenvalue weighted by molar-refractivity contribution is 0.253. The molecule has 1 aromatic carbocycles. The number of pyridine rings is 2. The minimum Gasteiger partial charge on any atom is -0.383 e. The first-order valence-electron chi connectivity index (χ1n) is 11.5. The normalized spacial score (nSPS) is 15.5. The molecule has 6 nitrogen and oxygen atoms in total. The number of imidazole rings is 1. The molecule has 5 rings (SSSR count). The van der Waals surface area contributed by atoms with Crippen LogP contribution in [0.25, 0.3) is 33.8 Å². The van der Waals surface area contributed by atoms with Gasteiger partial charge in [-0.15, -0.1) is 0 Å². The van der Waals surface area contributed by atoms with Crippen LogP contribution in [0.5, 0.6) is 0 Å². The summed E-state index contributed by atoms with van der Waals surface area (Å²) in [4.78, 5) is 14.2. The number of allylic oxidation sites excluding steroid dienone is 5. The van der Waals surface area contributed by atoms with E-state index in [2.05, 4.69) is 35.8 Å². The molecule has 4 N–H and O–H groups in total. The topological polar surface area (TPSA) is 95.6 Å². The summed E-state index contributed by atoms with van der Waals surface area (Å²) < 4.78 is 2.05. The third kappa shape index (κ3) is 3.72. The van der Waals surface area contributed by atoms with Gasteiger partial charge in [-0.2, -0.15) is 0 Å². The highest BCUT2D eigenvalue weighted by atomic mass is 15.1. The number of rotatable bonds is 6. The maximum absolute atomic E-state index is 6.56. The number of aromatic nitrogens is 4. The molecule has 0 bridgehead atoms. The van der Waals surface area contributed by atoms with Gasteiger partial charge in [-0.1, -0.05) is 43.0 Å². The van der Waals surface area contributed by atoms with Crippen molar-refractivity contribution in [3.05, 3.63) is 96.9 Å². The van der Waals surface area contributed by atoms with E-state index in [0.29, 0.717) is 11.6 Å². The van der Waals surface area contributed by atoms with Gasteiger partial charge in [-0.25, -0.2) is 15.0 Å². The smallest absolute Gasteiger partial charge is 0.165 e. The Bertz CT molecular complexity index is 1420. The van der Waals surface area contributed by atoms with E-state index < -0.39 is 0 Å². The largest absolute Gasteiger partial charge is 0.383 e. The Morgan fingerprint density at radius 2 is 1.88 bits per heavy atom. The third-order valence-electron chi connectivity index (χ3n) is 6.55. The van der Waals surface area contributed by atoms with Crippen LogP contribution in [0.1, 0.15) is 37.4 Å². The van der Waals surface area contributed by atoms with Crippen molar-refractivity contribution in [3.63, 3.8) is 0 Å². The fourth-order valence-electron chi connectivity index (χ4n) is 4.44. The lowest BCUT2D eigenvalue weighted by Crippen LogP contribution is -2.43. The molecule has 0 aliphatic heterocycles. The van der Waals surface area contributed by atoms with Gasteiger partial charge in [-0.3, -0.25) is 4.57 Å². The van der Waals surface area contributed by atoms with Gasteiger partial charge in [0.2, 0.25) is 0 Å². The van der Waals surface area contributed by atoms with Crippen molar-refractivity contribution < 1.29 is 0 Å². The van der Waals surface area contributed by atoms with Crippen LogP contribution in [0.3, 0.4) is 0 Å². The molecule has 4 aromatic rings. The van der Waals surface area contributed by atoms with Crippen LogP contribution in [-0.4, -0.2) is 19.5 Å². The van der Waals surface area contributed by atoms with Crippen LogP contribution < -0.4 is 11.5 Å². The van der Waals surface area contributed by atoms with Crippen LogP contribution in [-0.2, 0) is 5.54 Å². The fourth-order valence-corrected chi connectivity index (χ4v) is 4.44. The lowest BCUT2D eigenvalue weighted by Gasteiger charge is -2.38. The van der Waals surface area contributed by atoms with E-state index in [4.69, 9.17) is 21.4 Å². The summed E-state index contributed by atoms with van der Waals surface area (Å²) in [5.74, 6) is 1.13. The predicted octanol–water partition coefficient (Wildman–Crippen LogP) is 5.55. The molecule has 6 heteroatoms. The number of nitrogens with two attached hydrogens (primary N) is 2. The zero-order chi connectivity index (χ0) is 23.7. The molecule has 0 radical (unpaired) electrons. The van der Waals surface area contributed by atoms with Crippen LogP contribution in [0.2, 0.25) is 0 Å². The van der Waals surface area contributed by atoms with Crippen molar-refractivity contribution in [2.45, 2.75) is 31.7 Å². The summed E-state index contributed by atoms with van der Waals surface area (Å²) >= 11 is 0. The van der Waals surface area contributed by atoms with Crippen molar-refractivity contribution in [1.29, 1.82) is 0 Å². The summed E-state index contributed by atoms with van der Waals surface area (Å²) in [5, 5.41) is 0. The van der Waals surface area contributed by atoms with Gasteiger partial charge >= 0.3 is 0 Å². The highest BCUT2D eigenvalue weighted by molar-refractivity contribution is 5.85. The third-order valence-corrected chi connectivity index (χ3v) is 6.55. The maximum Gasteiger partial charge on any atom is 0.165 e. The van der Waals surface area contributed by atoms with Gasteiger partial charge in [0.05, 0.1) is 11.3 Å². The molecule has 3 aromatic heterocycles. The number of nitrogen functional groups attached to an aromatic ring is 1. The molecular weight excluding hydrogens is 420 g/mol. The second-order valence-electron chi connectivity index (χ2n) is 8.64. The molecule has 170 valence electrons. The van der Waals surface area contributed by atoms with Gasteiger partial charge in [0.25, 0.3) is 0 Å². The summed E-state index contributed by atoms with van der Waals surface area (Å²) in [6.45, 7) is 5.76. The fraction of sp³-hybridized carbons (Fsp3) is 0.179. The Morgan fingerprint density at radius 1 is 1.09 bits per heavy atom. The van der Waals surface area contributed by atoms with Crippen molar-refractivity contribution in [3.8, 4) is 17.1 Å². The predicted molar refractivity (Wildman–Crippen MR) is 139 cm³/mol. The molecule has 34 heavy (non-hydrogen) atoms. The Balaban J connectivity index is 1.72. The molecule has 0 saturated heterocycles. The Kier molecular flexibility index (Phi) is 5.59. The van der Waals surface area contributed by atoms with Crippen LogP contribution >= 0.6 is 0 Å². The average molecular weight is 449 g/mol. The molecule has 3 heterocycles. The van der Waals surface area contributed by atoms with E-state index in [-0.39, 0.29) is 5.54 Å². The first-order valence-corrected chi connectivity index (χ1v) is 11.5. The number of fused-ring (bicyclic) bond motifs is 1. The Hall–Kier alpha value is -4.03. The molecule has 0 atom stereocenters. The minimum absolute atomic E-state index is 0.212. The zero-order valence-corrected chi connectivity index (χ0v) is 19.3. The summed E-state index contributed by atoms with van der Waals surface area (Å²) in [7, 11) is 0. The van der Waals surface area contributed by atoms with E-state index in [1.807, 2.05) is 54.0 Å². The van der Waals surface area contributed by atoms with Gasteiger partial charge in [0.15, 0.2) is 11.5 Å². The number of hydrogen-bond acceptors (Lipinski definition) is 5. The van der Waals surface area contributed by atoms with E-state index in [1.165, 1.54) is 6.42 Å². The number of nitrogens with zero attached hydrogens (tertiary/aromatic N) is 4. The highest BCUT2D eigenvalue weighted by Gasteiger charge is 2.34. The maximum atomic E-state index is 6.56. The number of benzene rings is 1. The zero-order valence-electron chi connectivity index (χ0n) is 19.3. The molecule has 1 aliphatic rings. The summed E-state index contributed by atoms with van der Waals surface area (Å²) in [6.07, 6.45) is 12.6. The van der Waals surface area contributed by atoms with E-state index in [0.717, 1.165) is 52.1 Å². The average Bonchev–Trinajstić information content (AvgIpc) is 3.22.